The lowest BCUT2D eigenvalue weighted by Crippen LogP contribution is -2.44. The van der Waals surface area contributed by atoms with Crippen molar-refractivity contribution < 1.29 is 4.79 Å². The lowest BCUT2D eigenvalue weighted by molar-refractivity contribution is -0.120. The van der Waals surface area contributed by atoms with E-state index in [0.29, 0.717) is 6.04 Å². The summed E-state index contributed by atoms with van der Waals surface area (Å²) in [5.41, 5.74) is 0.942. The van der Waals surface area contributed by atoms with Crippen LogP contribution in [0.25, 0.3) is 0 Å². The number of carbonyl (C=O) groups excluding carboxylic acids is 1. The van der Waals surface area contributed by atoms with E-state index >= 15 is 0 Å². The number of rotatable bonds is 4. The van der Waals surface area contributed by atoms with E-state index in [1.165, 1.54) is 12.8 Å². The van der Waals surface area contributed by atoms with Crippen molar-refractivity contribution in [1.82, 2.24) is 5.32 Å². The zero-order valence-corrected chi connectivity index (χ0v) is 9.81. The molecule has 0 aliphatic heterocycles. The Morgan fingerprint density at radius 2 is 2.00 bits per heavy atom. The van der Waals surface area contributed by atoms with Crippen LogP contribution in [0.1, 0.15) is 19.8 Å². The predicted octanol–water partition coefficient (Wildman–Crippen LogP) is 1.79. The number of benzene rings is 1. The molecule has 1 aliphatic carbocycles. The van der Waals surface area contributed by atoms with E-state index < -0.39 is 0 Å². The maximum atomic E-state index is 12.1. The van der Waals surface area contributed by atoms with Crippen LogP contribution in [0, 0.1) is 0 Å². The maximum Gasteiger partial charge on any atom is 0.243 e. The molecule has 1 aromatic rings. The molecule has 16 heavy (non-hydrogen) atoms. The number of likely N-dealkylation sites (N-methyl/N-ethyl adjacent to an activating group) is 1. The van der Waals surface area contributed by atoms with Crippen molar-refractivity contribution in [3.8, 4) is 0 Å². The van der Waals surface area contributed by atoms with E-state index in [0.717, 1.165) is 5.69 Å². The molecule has 1 aromatic carbocycles. The molecule has 3 heteroatoms. The summed E-state index contributed by atoms with van der Waals surface area (Å²) in [5.74, 6) is 0.123. The highest BCUT2D eigenvalue weighted by molar-refractivity contribution is 5.96. The van der Waals surface area contributed by atoms with Crippen LogP contribution in [0.15, 0.2) is 30.3 Å². The highest BCUT2D eigenvalue weighted by Gasteiger charge is 2.27. The molecule has 1 fully saturated rings. The quantitative estimate of drug-likeness (QED) is 0.835. The predicted molar refractivity (Wildman–Crippen MR) is 65.5 cm³/mol. The summed E-state index contributed by atoms with van der Waals surface area (Å²) in [6, 6.07) is 10.2. The molecule has 1 aliphatic rings. The molecule has 0 aromatic heterocycles. The fourth-order valence-corrected chi connectivity index (χ4v) is 1.74. The molecule has 3 nitrogen and oxygen atoms in total. The van der Waals surface area contributed by atoms with E-state index in [-0.39, 0.29) is 11.9 Å². The van der Waals surface area contributed by atoms with Crippen LogP contribution in [0.4, 0.5) is 5.69 Å². The maximum absolute atomic E-state index is 12.1. The standard InChI is InChI=1S/C13H18N2O/c1-10(14-11-8-9-11)13(16)15(2)12-6-4-3-5-7-12/h3-7,10-11,14H,8-9H2,1-2H3. The fraction of sp³-hybridized carbons (Fsp3) is 0.462. The van der Waals surface area contributed by atoms with Gasteiger partial charge in [-0.1, -0.05) is 18.2 Å². The fourth-order valence-electron chi connectivity index (χ4n) is 1.74. The minimum Gasteiger partial charge on any atom is -0.314 e. The summed E-state index contributed by atoms with van der Waals surface area (Å²) < 4.78 is 0. The SMILES string of the molecule is CC(NC1CC1)C(=O)N(C)c1ccccc1. The van der Waals surface area contributed by atoms with Gasteiger partial charge in [-0.3, -0.25) is 4.79 Å². The van der Waals surface area contributed by atoms with Crippen LogP contribution in [0.5, 0.6) is 0 Å². The van der Waals surface area contributed by atoms with E-state index in [1.54, 1.807) is 4.90 Å². The van der Waals surface area contributed by atoms with Crippen LogP contribution < -0.4 is 10.2 Å². The molecule has 1 unspecified atom stereocenters. The number of amides is 1. The first-order valence-electron chi connectivity index (χ1n) is 5.77. The second kappa shape index (κ2) is 4.66. The van der Waals surface area contributed by atoms with Gasteiger partial charge in [0.2, 0.25) is 5.91 Å². The summed E-state index contributed by atoms with van der Waals surface area (Å²) in [7, 11) is 1.82. The third-order valence-electron chi connectivity index (χ3n) is 2.91. The lowest BCUT2D eigenvalue weighted by Gasteiger charge is -2.22. The molecule has 0 radical (unpaired) electrons. The molecular weight excluding hydrogens is 200 g/mol. The molecule has 0 saturated heterocycles. The third kappa shape index (κ3) is 2.61. The number of hydrogen-bond donors (Lipinski definition) is 1. The van der Waals surface area contributed by atoms with Crippen LogP contribution >= 0.6 is 0 Å². The molecule has 0 heterocycles. The lowest BCUT2D eigenvalue weighted by atomic mass is 10.2. The van der Waals surface area contributed by atoms with Gasteiger partial charge in [0, 0.05) is 18.8 Å². The number of anilines is 1. The van der Waals surface area contributed by atoms with Crippen LogP contribution in [0.3, 0.4) is 0 Å². The first-order valence-corrected chi connectivity index (χ1v) is 5.77. The average molecular weight is 218 g/mol. The van der Waals surface area contributed by atoms with Gasteiger partial charge in [0.05, 0.1) is 6.04 Å². The van der Waals surface area contributed by atoms with E-state index in [1.807, 2.05) is 44.3 Å². The van der Waals surface area contributed by atoms with Gasteiger partial charge in [-0.05, 0) is 31.9 Å². The van der Waals surface area contributed by atoms with Gasteiger partial charge >= 0.3 is 0 Å². The molecule has 1 saturated carbocycles. The van der Waals surface area contributed by atoms with Crippen LogP contribution in [-0.2, 0) is 4.79 Å². The summed E-state index contributed by atoms with van der Waals surface area (Å²) >= 11 is 0. The van der Waals surface area contributed by atoms with Gasteiger partial charge in [-0.15, -0.1) is 0 Å². The van der Waals surface area contributed by atoms with Crippen molar-refractivity contribution in [1.29, 1.82) is 0 Å². The number of para-hydroxylation sites is 1. The summed E-state index contributed by atoms with van der Waals surface area (Å²) in [6.45, 7) is 1.93. The molecule has 1 amide bonds. The zero-order chi connectivity index (χ0) is 11.5. The van der Waals surface area contributed by atoms with Gasteiger partial charge in [-0.25, -0.2) is 0 Å². The average Bonchev–Trinajstić information content (AvgIpc) is 3.12. The zero-order valence-electron chi connectivity index (χ0n) is 9.81. The van der Waals surface area contributed by atoms with Crippen molar-refractivity contribution in [2.45, 2.75) is 31.8 Å². The summed E-state index contributed by atoms with van der Waals surface area (Å²) in [5, 5.41) is 3.31. The highest BCUT2D eigenvalue weighted by atomic mass is 16.2. The third-order valence-corrected chi connectivity index (χ3v) is 2.91. The Balaban J connectivity index is 1.97. The normalized spacial score (nSPS) is 16.9. The largest absolute Gasteiger partial charge is 0.314 e. The molecule has 0 bridgehead atoms. The Morgan fingerprint density at radius 1 is 1.38 bits per heavy atom. The highest BCUT2D eigenvalue weighted by Crippen LogP contribution is 2.20. The number of hydrogen-bond acceptors (Lipinski definition) is 2. The topological polar surface area (TPSA) is 32.3 Å². The first-order chi connectivity index (χ1) is 7.68. The summed E-state index contributed by atoms with van der Waals surface area (Å²) in [6.07, 6.45) is 2.40. The minimum atomic E-state index is -0.0993. The molecule has 86 valence electrons. The Hall–Kier alpha value is -1.35. The van der Waals surface area contributed by atoms with Gasteiger partial charge in [-0.2, -0.15) is 0 Å². The Kier molecular flexibility index (Phi) is 3.25. The Labute approximate surface area is 96.5 Å². The summed E-state index contributed by atoms with van der Waals surface area (Å²) in [4.78, 5) is 13.8. The smallest absolute Gasteiger partial charge is 0.243 e. The number of carbonyl (C=O) groups is 1. The Bertz CT molecular complexity index is 359. The number of nitrogens with zero attached hydrogens (tertiary/aromatic N) is 1. The number of nitrogens with one attached hydrogen (secondary N) is 1. The Morgan fingerprint density at radius 3 is 2.56 bits per heavy atom. The van der Waals surface area contributed by atoms with Crippen LogP contribution in [-0.4, -0.2) is 25.0 Å². The first kappa shape index (κ1) is 11.1. The molecule has 2 rings (SSSR count). The monoisotopic (exact) mass is 218 g/mol. The van der Waals surface area contributed by atoms with Crippen LogP contribution in [0.2, 0.25) is 0 Å². The van der Waals surface area contributed by atoms with E-state index in [4.69, 9.17) is 0 Å². The molecular formula is C13H18N2O. The van der Waals surface area contributed by atoms with Crippen molar-refractivity contribution in [3.05, 3.63) is 30.3 Å². The van der Waals surface area contributed by atoms with E-state index in [9.17, 15) is 4.79 Å². The van der Waals surface area contributed by atoms with Gasteiger partial charge in [0.25, 0.3) is 0 Å². The van der Waals surface area contributed by atoms with Crippen molar-refractivity contribution in [3.63, 3.8) is 0 Å². The van der Waals surface area contributed by atoms with Gasteiger partial charge < -0.3 is 10.2 Å². The second-order valence-corrected chi connectivity index (χ2v) is 4.40. The van der Waals surface area contributed by atoms with Crippen molar-refractivity contribution in [2.75, 3.05) is 11.9 Å². The van der Waals surface area contributed by atoms with Crippen molar-refractivity contribution in [2.24, 2.45) is 0 Å². The molecule has 1 N–H and O–H groups in total. The van der Waals surface area contributed by atoms with Gasteiger partial charge in [0.15, 0.2) is 0 Å². The molecule has 1 atom stereocenters. The second-order valence-electron chi connectivity index (χ2n) is 4.40. The molecule has 0 spiro atoms. The van der Waals surface area contributed by atoms with Gasteiger partial charge in [0.1, 0.15) is 0 Å². The minimum absolute atomic E-state index is 0.0993. The van der Waals surface area contributed by atoms with Crippen molar-refractivity contribution >= 4 is 11.6 Å². The van der Waals surface area contributed by atoms with E-state index in [2.05, 4.69) is 5.32 Å².